The molecule has 0 heterocycles. The Bertz CT molecular complexity index is 405. The molecule has 1 aromatic carbocycles. The lowest BCUT2D eigenvalue weighted by molar-refractivity contribution is 0.445. The maximum absolute atomic E-state index is 13.0. The molecule has 0 aliphatic heterocycles. The van der Waals surface area contributed by atoms with Gasteiger partial charge in [-0.2, -0.15) is 5.26 Å². The molecule has 0 aliphatic rings. The van der Waals surface area contributed by atoms with Crippen molar-refractivity contribution in [1.29, 1.82) is 5.26 Å². The fourth-order valence-corrected chi connectivity index (χ4v) is 1.38. The van der Waals surface area contributed by atoms with Crippen molar-refractivity contribution >= 4 is 0 Å². The predicted octanol–water partition coefficient (Wildman–Crippen LogP) is 2.77. The van der Waals surface area contributed by atoms with Crippen LogP contribution in [0.25, 0.3) is 0 Å². The molecule has 1 aromatic rings. The normalized spacial score (nSPS) is 11.2. The Balaban J connectivity index is 2.50. The third kappa shape index (κ3) is 3.63. The molecule has 0 saturated carbocycles. The Morgan fingerprint density at radius 2 is 2.12 bits per heavy atom. The minimum atomic E-state index is -0.366. The number of benzene rings is 1. The van der Waals surface area contributed by atoms with Crippen LogP contribution in [0.4, 0.5) is 4.39 Å². The van der Waals surface area contributed by atoms with Crippen LogP contribution in [-0.4, -0.2) is 6.54 Å². The van der Waals surface area contributed by atoms with Crippen molar-refractivity contribution in [2.75, 3.05) is 6.54 Å². The molecule has 0 spiro atoms. The van der Waals surface area contributed by atoms with E-state index in [9.17, 15) is 4.39 Å². The van der Waals surface area contributed by atoms with E-state index in [1.165, 1.54) is 6.07 Å². The van der Waals surface area contributed by atoms with Crippen LogP contribution in [0.15, 0.2) is 18.2 Å². The molecule has 0 atom stereocenters. The number of nitrogens with one attached hydrogen (secondary N) is 1. The monoisotopic (exact) mass is 220 g/mol. The Morgan fingerprint density at radius 3 is 2.69 bits per heavy atom. The summed E-state index contributed by atoms with van der Waals surface area (Å²) < 4.78 is 13.0. The van der Waals surface area contributed by atoms with Gasteiger partial charge in [0.05, 0.1) is 11.5 Å². The SMILES string of the molecule is Cc1cc(CNCC(C)(C)C#N)ccc1F. The lowest BCUT2D eigenvalue weighted by Crippen LogP contribution is -2.27. The summed E-state index contributed by atoms with van der Waals surface area (Å²) in [5.74, 6) is -0.180. The van der Waals surface area contributed by atoms with Gasteiger partial charge < -0.3 is 5.32 Å². The molecule has 0 bridgehead atoms. The molecule has 0 saturated heterocycles. The molecule has 2 nitrogen and oxygen atoms in total. The lowest BCUT2D eigenvalue weighted by atomic mass is 9.96. The first-order chi connectivity index (χ1) is 7.44. The van der Waals surface area contributed by atoms with Crippen LogP contribution in [-0.2, 0) is 6.54 Å². The van der Waals surface area contributed by atoms with E-state index in [4.69, 9.17) is 5.26 Å². The number of nitrogens with zero attached hydrogens (tertiary/aromatic N) is 1. The van der Waals surface area contributed by atoms with Crippen LogP contribution in [0.1, 0.15) is 25.0 Å². The predicted molar refractivity (Wildman–Crippen MR) is 62.2 cm³/mol. The van der Waals surface area contributed by atoms with Crippen molar-refractivity contribution in [1.82, 2.24) is 5.32 Å². The number of halogens is 1. The van der Waals surface area contributed by atoms with Crippen molar-refractivity contribution in [3.63, 3.8) is 0 Å². The van der Waals surface area contributed by atoms with Crippen LogP contribution in [0.3, 0.4) is 0 Å². The topological polar surface area (TPSA) is 35.8 Å². The molecule has 86 valence electrons. The van der Waals surface area contributed by atoms with Gasteiger partial charge in [0.15, 0.2) is 0 Å². The second kappa shape index (κ2) is 5.09. The molecule has 16 heavy (non-hydrogen) atoms. The number of nitriles is 1. The van der Waals surface area contributed by atoms with Crippen LogP contribution in [0, 0.1) is 29.5 Å². The molecule has 3 heteroatoms. The Kier molecular flexibility index (Phi) is 4.03. The zero-order valence-corrected chi connectivity index (χ0v) is 9.97. The molecular formula is C13H17FN2. The quantitative estimate of drug-likeness (QED) is 0.847. The van der Waals surface area contributed by atoms with Crippen LogP contribution in [0.5, 0.6) is 0 Å². The summed E-state index contributed by atoms with van der Waals surface area (Å²) in [7, 11) is 0. The van der Waals surface area contributed by atoms with E-state index in [0.717, 1.165) is 5.56 Å². The van der Waals surface area contributed by atoms with Gasteiger partial charge >= 0.3 is 0 Å². The third-order valence-electron chi connectivity index (χ3n) is 2.42. The highest BCUT2D eigenvalue weighted by molar-refractivity contribution is 5.23. The van der Waals surface area contributed by atoms with E-state index >= 15 is 0 Å². The summed E-state index contributed by atoms with van der Waals surface area (Å²) in [5.41, 5.74) is 1.32. The van der Waals surface area contributed by atoms with Gasteiger partial charge in [0, 0.05) is 13.1 Å². The van der Waals surface area contributed by atoms with Crippen LogP contribution >= 0.6 is 0 Å². The van der Waals surface area contributed by atoms with E-state index in [1.807, 2.05) is 19.9 Å². The summed E-state index contributed by atoms with van der Waals surface area (Å²) in [6.07, 6.45) is 0. The van der Waals surface area contributed by atoms with Gasteiger partial charge in [-0.05, 0) is 38.0 Å². The summed E-state index contributed by atoms with van der Waals surface area (Å²) in [6.45, 7) is 6.80. The van der Waals surface area contributed by atoms with Gasteiger partial charge in [0.1, 0.15) is 5.82 Å². The first-order valence-electron chi connectivity index (χ1n) is 5.31. The minimum absolute atomic E-state index is 0.180. The van der Waals surface area contributed by atoms with E-state index < -0.39 is 0 Å². The second-order valence-electron chi connectivity index (χ2n) is 4.68. The van der Waals surface area contributed by atoms with Crippen molar-refractivity contribution < 1.29 is 4.39 Å². The van der Waals surface area contributed by atoms with Crippen LogP contribution in [0.2, 0.25) is 0 Å². The van der Waals surface area contributed by atoms with Crippen molar-refractivity contribution in [3.8, 4) is 6.07 Å². The fraction of sp³-hybridized carbons (Fsp3) is 0.462. The van der Waals surface area contributed by atoms with E-state index in [0.29, 0.717) is 18.7 Å². The molecule has 1 N–H and O–H groups in total. The zero-order valence-electron chi connectivity index (χ0n) is 9.97. The van der Waals surface area contributed by atoms with E-state index in [2.05, 4.69) is 11.4 Å². The van der Waals surface area contributed by atoms with Gasteiger partial charge in [0.25, 0.3) is 0 Å². The minimum Gasteiger partial charge on any atom is -0.311 e. The number of hydrogen-bond acceptors (Lipinski definition) is 2. The lowest BCUT2D eigenvalue weighted by Gasteiger charge is -2.15. The number of aryl methyl sites for hydroxylation is 1. The highest BCUT2D eigenvalue weighted by atomic mass is 19.1. The van der Waals surface area contributed by atoms with E-state index in [1.54, 1.807) is 13.0 Å². The first-order valence-corrected chi connectivity index (χ1v) is 5.31. The summed E-state index contributed by atoms with van der Waals surface area (Å²) >= 11 is 0. The molecule has 0 aromatic heterocycles. The molecular weight excluding hydrogens is 203 g/mol. The zero-order chi connectivity index (χ0) is 12.2. The van der Waals surface area contributed by atoms with Gasteiger partial charge in [-0.25, -0.2) is 4.39 Å². The van der Waals surface area contributed by atoms with Crippen molar-refractivity contribution in [2.24, 2.45) is 5.41 Å². The number of hydrogen-bond donors (Lipinski definition) is 1. The molecule has 0 fully saturated rings. The molecule has 0 radical (unpaired) electrons. The molecule has 0 amide bonds. The van der Waals surface area contributed by atoms with Crippen LogP contribution < -0.4 is 5.32 Å². The third-order valence-corrected chi connectivity index (χ3v) is 2.42. The Labute approximate surface area is 96.1 Å². The van der Waals surface area contributed by atoms with Crippen molar-refractivity contribution in [2.45, 2.75) is 27.3 Å². The average molecular weight is 220 g/mol. The maximum atomic E-state index is 13.0. The van der Waals surface area contributed by atoms with Gasteiger partial charge in [-0.3, -0.25) is 0 Å². The highest BCUT2D eigenvalue weighted by Crippen LogP contribution is 2.12. The second-order valence-corrected chi connectivity index (χ2v) is 4.68. The Hall–Kier alpha value is -1.40. The highest BCUT2D eigenvalue weighted by Gasteiger charge is 2.15. The summed E-state index contributed by atoms with van der Waals surface area (Å²) in [6, 6.07) is 7.28. The Morgan fingerprint density at radius 1 is 1.44 bits per heavy atom. The molecule has 0 unspecified atom stereocenters. The first kappa shape index (κ1) is 12.7. The summed E-state index contributed by atoms with van der Waals surface area (Å²) in [5, 5.41) is 12.0. The van der Waals surface area contributed by atoms with E-state index in [-0.39, 0.29) is 11.2 Å². The van der Waals surface area contributed by atoms with Gasteiger partial charge in [-0.15, -0.1) is 0 Å². The standard InChI is InChI=1S/C13H17FN2/c1-10-6-11(4-5-12(10)14)7-16-9-13(2,3)8-15/h4-6,16H,7,9H2,1-3H3. The maximum Gasteiger partial charge on any atom is 0.126 e. The molecule has 1 rings (SSSR count). The van der Waals surface area contributed by atoms with Gasteiger partial charge in [-0.1, -0.05) is 12.1 Å². The smallest absolute Gasteiger partial charge is 0.126 e. The molecule has 0 aliphatic carbocycles. The average Bonchev–Trinajstić information content (AvgIpc) is 2.23. The number of rotatable bonds is 4. The summed E-state index contributed by atoms with van der Waals surface area (Å²) in [4.78, 5) is 0. The largest absolute Gasteiger partial charge is 0.311 e. The van der Waals surface area contributed by atoms with Gasteiger partial charge in [0.2, 0.25) is 0 Å². The van der Waals surface area contributed by atoms with Crippen molar-refractivity contribution in [3.05, 3.63) is 35.1 Å². The fourth-order valence-electron chi connectivity index (χ4n) is 1.38.